The van der Waals surface area contributed by atoms with Crippen molar-refractivity contribution in [3.05, 3.63) is 17.1 Å². The molecule has 0 unspecified atom stereocenters. The molecule has 0 bridgehead atoms. The van der Waals surface area contributed by atoms with E-state index in [0.717, 1.165) is 43.3 Å². The summed E-state index contributed by atoms with van der Waals surface area (Å²) >= 11 is 0. The summed E-state index contributed by atoms with van der Waals surface area (Å²) in [5, 5.41) is 0. The largest absolute Gasteiger partial charge is 0.477 e. The predicted molar refractivity (Wildman–Crippen MR) is 53.4 cm³/mol. The smallest absolute Gasteiger partial charge is 0.220 e. The third-order valence-electron chi connectivity index (χ3n) is 2.39. The fraction of sp³-hybridized carbons (Fsp3) is 0.600. The predicted octanol–water partition coefficient (Wildman–Crippen LogP) is 0.475. The van der Waals surface area contributed by atoms with Crippen molar-refractivity contribution in [3.8, 4) is 5.88 Å². The summed E-state index contributed by atoms with van der Waals surface area (Å²) in [5.74, 6) is 1.59. The van der Waals surface area contributed by atoms with Gasteiger partial charge >= 0.3 is 0 Å². The highest BCUT2D eigenvalue weighted by molar-refractivity contribution is 5.34. The van der Waals surface area contributed by atoms with E-state index in [1.54, 1.807) is 0 Å². The molecule has 14 heavy (non-hydrogen) atoms. The minimum absolute atomic E-state index is 0.585. The molecule has 2 rings (SSSR count). The molecule has 1 aromatic heterocycles. The van der Waals surface area contributed by atoms with Crippen molar-refractivity contribution in [1.29, 1.82) is 0 Å². The molecule has 0 atom stereocenters. The number of fused-ring (bicyclic) bond motifs is 1. The number of aryl methyl sites for hydroxylation is 1. The number of nitrogens with zero attached hydrogens (tertiary/aromatic N) is 2. The molecule has 0 amide bonds. The van der Waals surface area contributed by atoms with Gasteiger partial charge in [0, 0.05) is 18.4 Å². The van der Waals surface area contributed by atoms with Crippen LogP contribution >= 0.6 is 0 Å². The average molecular weight is 193 g/mol. The van der Waals surface area contributed by atoms with Gasteiger partial charge in [0.05, 0.1) is 12.3 Å². The van der Waals surface area contributed by atoms with Gasteiger partial charge in [0.15, 0.2) is 0 Å². The van der Waals surface area contributed by atoms with E-state index in [4.69, 9.17) is 10.5 Å². The Bertz CT molecular complexity index is 338. The molecule has 1 aliphatic heterocycles. The van der Waals surface area contributed by atoms with Gasteiger partial charge in [-0.15, -0.1) is 0 Å². The molecule has 0 aliphatic carbocycles. The Morgan fingerprint density at radius 1 is 1.43 bits per heavy atom. The fourth-order valence-electron chi connectivity index (χ4n) is 1.71. The maximum absolute atomic E-state index is 5.48. The zero-order valence-corrected chi connectivity index (χ0v) is 8.42. The molecule has 2 heterocycles. The summed E-state index contributed by atoms with van der Waals surface area (Å²) in [6.45, 7) is 3.43. The fourth-order valence-corrected chi connectivity index (χ4v) is 1.71. The van der Waals surface area contributed by atoms with Crippen LogP contribution in [0, 0.1) is 0 Å². The lowest BCUT2D eigenvalue weighted by Gasteiger charge is -2.06. The second kappa shape index (κ2) is 3.92. The molecule has 4 nitrogen and oxygen atoms in total. The monoisotopic (exact) mass is 193 g/mol. The summed E-state index contributed by atoms with van der Waals surface area (Å²) in [6, 6.07) is 0. The van der Waals surface area contributed by atoms with Crippen molar-refractivity contribution in [1.82, 2.24) is 9.97 Å². The quantitative estimate of drug-likeness (QED) is 0.758. The SMILES string of the molecule is CCc1nc(CCN)nc2c1CCO2. The van der Waals surface area contributed by atoms with Gasteiger partial charge in [-0.3, -0.25) is 0 Å². The average Bonchev–Trinajstić information content (AvgIpc) is 2.65. The Balaban J connectivity index is 2.39. The summed E-state index contributed by atoms with van der Waals surface area (Å²) in [7, 11) is 0. The molecule has 1 aromatic rings. The lowest BCUT2D eigenvalue weighted by molar-refractivity contribution is 0.343. The van der Waals surface area contributed by atoms with Crippen molar-refractivity contribution in [2.75, 3.05) is 13.2 Å². The first-order valence-electron chi connectivity index (χ1n) is 5.06. The third kappa shape index (κ3) is 1.57. The molecule has 0 radical (unpaired) electrons. The molecule has 4 heteroatoms. The van der Waals surface area contributed by atoms with Crippen LogP contribution in [-0.2, 0) is 19.3 Å². The van der Waals surface area contributed by atoms with Gasteiger partial charge < -0.3 is 10.5 Å². The van der Waals surface area contributed by atoms with Crippen molar-refractivity contribution < 1.29 is 4.74 Å². The second-order valence-corrected chi connectivity index (χ2v) is 3.36. The van der Waals surface area contributed by atoms with E-state index in [1.807, 2.05) is 0 Å². The molecular formula is C10H15N3O. The minimum atomic E-state index is 0.585. The van der Waals surface area contributed by atoms with Gasteiger partial charge in [-0.25, -0.2) is 4.98 Å². The minimum Gasteiger partial charge on any atom is -0.477 e. The van der Waals surface area contributed by atoms with Crippen molar-refractivity contribution in [3.63, 3.8) is 0 Å². The molecule has 76 valence electrons. The Kier molecular flexibility index (Phi) is 2.63. The third-order valence-corrected chi connectivity index (χ3v) is 2.39. The van der Waals surface area contributed by atoms with Crippen LogP contribution in [0.3, 0.4) is 0 Å². The topological polar surface area (TPSA) is 61.0 Å². The first-order valence-corrected chi connectivity index (χ1v) is 5.06. The number of hydrogen-bond donors (Lipinski definition) is 1. The van der Waals surface area contributed by atoms with Gasteiger partial charge in [-0.2, -0.15) is 4.98 Å². The maximum atomic E-state index is 5.48. The lowest BCUT2D eigenvalue weighted by atomic mass is 10.1. The summed E-state index contributed by atoms with van der Waals surface area (Å²) in [6.07, 6.45) is 2.61. The molecule has 0 saturated carbocycles. The Hall–Kier alpha value is -1.16. The van der Waals surface area contributed by atoms with E-state index in [9.17, 15) is 0 Å². The van der Waals surface area contributed by atoms with E-state index in [1.165, 1.54) is 5.56 Å². The van der Waals surface area contributed by atoms with Gasteiger partial charge in [-0.05, 0) is 13.0 Å². The number of nitrogens with two attached hydrogens (primary N) is 1. The van der Waals surface area contributed by atoms with E-state index in [0.29, 0.717) is 6.54 Å². The van der Waals surface area contributed by atoms with Crippen LogP contribution in [0.25, 0.3) is 0 Å². The van der Waals surface area contributed by atoms with E-state index in [-0.39, 0.29) is 0 Å². The summed E-state index contributed by atoms with van der Waals surface area (Å²) in [4.78, 5) is 8.82. The van der Waals surface area contributed by atoms with E-state index in [2.05, 4.69) is 16.9 Å². The highest BCUT2D eigenvalue weighted by atomic mass is 16.5. The van der Waals surface area contributed by atoms with Crippen molar-refractivity contribution >= 4 is 0 Å². The molecule has 0 saturated heterocycles. The number of ether oxygens (including phenoxy) is 1. The van der Waals surface area contributed by atoms with Gasteiger partial charge in [0.1, 0.15) is 5.82 Å². The Morgan fingerprint density at radius 3 is 3.00 bits per heavy atom. The zero-order valence-electron chi connectivity index (χ0n) is 8.42. The van der Waals surface area contributed by atoms with E-state index >= 15 is 0 Å². The molecule has 2 N–H and O–H groups in total. The Labute approximate surface area is 83.5 Å². The second-order valence-electron chi connectivity index (χ2n) is 3.36. The van der Waals surface area contributed by atoms with Crippen LogP contribution in [0.5, 0.6) is 5.88 Å². The number of hydrogen-bond acceptors (Lipinski definition) is 4. The first-order chi connectivity index (χ1) is 6.85. The van der Waals surface area contributed by atoms with Crippen LogP contribution in [0.1, 0.15) is 24.0 Å². The van der Waals surface area contributed by atoms with Gasteiger partial charge in [-0.1, -0.05) is 6.92 Å². The standard InChI is InChI=1S/C10H15N3O/c1-2-8-7-4-6-14-10(7)13-9(12-8)3-5-11/h2-6,11H2,1H3. The van der Waals surface area contributed by atoms with Crippen LogP contribution in [0.2, 0.25) is 0 Å². The van der Waals surface area contributed by atoms with Gasteiger partial charge in [0.25, 0.3) is 0 Å². The van der Waals surface area contributed by atoms with Crippen LogP contribution in [0.4, 0.5) is 0 Å². The summed E-state index contributed by atoms with van der Waals surface area (Å²) in [5.41, 5.74) is 7.79. The lowest BCUT2D eigenvalue weighted by Crippen LogP contribution is -2.09. The molecule has 0 fully saturated rings. The molecule has 1 aliphatic rings. The first kappa shape index (κ1) is 9.40. The molecule has 0 aromatic carbocycles. The highest BCUT2D eigenvalue weighted by Gasteiger charge is 2.19. The molecule has 0 spiro atoms. The number of aromatic nitrogens is 2. The number of rotatable bonds is 3. The van der Waals surface area contributed by atoms with Crippen LogP contribution in [-0.4, -0.2) is 23.1 Å². The van der Waals surface area contributed by atoms with Crippen molar-refractivity contribution in [2.24, 2.45) is 5.73 Å². The molecular weight excluding hydrogens is 178 g/mol. The maximum Gasteiger partial charge on any atom is 0.220 e. The zero-order chi connectivity index (χ0) is 9.97. The van der Waals surface area contributed by atoms with Crippen LogP contribution < -0.4 is 10.5 Å². The summed E-state index contributed by atoms with van der Waals surface area (Å²) < 4.78 is 5.44. The van der Waals surface area contributed by atoms with Gasteiger partial charge in [0.2, 0.25) is 5.88 Å². The van der Waals surface area contributed by atoms with Crippen molar-refractivity contribution in [2.45, 2.75) is 26.2 Å². The normalized spacial score (nSPS) is 13.9. The highest BCUT2D eigenvalue weighted by Crippen LogP contribution is 2.25. The Morgan fingerprint density at radius 2 is 2.29 bits per heavy atom. The van der Waals surface area contributed by atoms with E-state index < -0.39 is 0 Å². The van der Waals surface area contributed by atoms with Crippen LogP contribution in [0.15, 0.2) is 0 Å².